The molecule has 3 saturated heterocycles. The first-order valence-corrected chi connectivity index (χ1v) is 13.3. The van der Waals surface area contributed by atoms with Crippen LogP contribution in [0.2, 0.25) is 0 Å². The van der Waals surface area contributed by atoms with Gasteiger partial charge in [0.2, 0.25) is 5.56 Å². The van der Waals surface area contributed by atoms with E-state index in [1.807, 2.05) is 37.4 Å². The minimum absolute atomic E-state index is 0.102. The molecule has 3 aromatic rings. The van der Waals surface area contributed by atoms with Crippen molar-refractivity contribution < 1.29 is 14.3 Å². The molecule has 0 radical (unpaired) electrons. The van der Waals surface area contributed by atoms with Gasteiger partial charge in [0, 0.05) is 68.1 Å². The number of aromatic amines is 1. The number of anilines is 2. The number of carbonyl (C=O) groups excluding carboxylic acids is 1. The summed E-state index contributed by atoms with van der Waals surface area (Å²) < 4.78 is 11.5. The molecule has 0 bridgehead atoms. The van der Waals surface area contributed by atoms with Gasteiger partial charge in [0.25, 0.3) is 5.91 Å². The van der Waals surface area contributed by atoms with Crippen LogP contribution in [0.1, 0.15) is 21.5 Å². The van der Waals surface area contributed by atoms with E-state index in [2.05, 4.69) is 32.0 Å². The monoisotopic (exact) mass is 518 g/mol. The molecule has 0 aliphatic carbocycles. The zero-order valence-corrected chi connectivity index (χ0v) is 21.9. The third-order valence-electron chi connectivity index (χ3n) is 7.86. The molecule has 1 aromatic carbocycles. The number of aryl methyl sites for hydroxylation is 1. The number of carbonyl (C=O) groups is 1. The van der Waals surface area contributed by atoms with Gasteiger partial charge in [0.15, 0.2) is 0 Å². The smallest absolute Gasteiger partial charge is 0.259 e. The summed E-state index contributed by atoms with van der Waals surface area (Å²) in [4.78, 5) is 40.1. The van der Waals surface area contributed by atoms with Gasteiger partial charge in [0.1, 0.15) is 5.82 Å². The van der Waals surface area contributed by atoms with Gasteiger partial charge >= 0.3 is 0 Å². The van der Waals surface area contributed by atoms with Crippen molar-refractivity contribution in [3.8, 4) is 0 Å². The third kappa shape index (κ3) is 5.04. The van der Waals surface area contributed by atoms with Crippen LogP contribution in [-0.2, 0) is 16.0 Å². The lowest BCUT2D eigenvalue weighted by Gasteiger charge is -2.33. The number of rotatable bonds is 5. The Morgan fingerprint density at radius 3 is 2.79 bits per heavy atom. The van der Waals surface area contributed by atoms with Crippen molar-refractivity contribution in [2.45, 2.75) is 25.6 Å². The topological polar surface area (TPSA) is 103 Å². The van der Waals surface area contributed by atoms with Crippen molar-refractivity contribution >= 4 is 28.3 Å². The van der Waals surface area contributed by atoms with Crippen LogP contribution in [-0.4, -0.2) is 97.4 Å². The van der Waals surface area contributed by atoms with Gasteiger partial charge in [-0.25, -0.2) is 4.98 Å². The zero-order valence-electron chi connectivity index (χ0n) is 21.9. The van der Waals surface area contributed by atoms with Crippen LogP contribution >= 0.6 is 0 Å². The van der Waals surface area contributed by atoms with Crippen LogP contribution in [0.15, 0.2) is 41.3 Å². The summed E-state index contributed by atoms with van der Waals surface area (Å²) in [7, 11) is 2.13. The average Bonchev–Trinajstić information content (AvgIpc) is 3.35. The fourth-order valence-electron chi connectivity index (χ4n) is 5.75. The van der Waals surface area contributed by atoms with Crippen LogP contribution < -0.4 is 15.8 Å². The number of ether oxygens (including phenoxy) is 2. The molecule has 0 saturated carbocycles. The number of hydrogen-bond acceptors (Lipinski definition) is 8. The Morgan fingerprint density at radius 2 is 1.97 bits per heavy atom. The number of benzene rings is 1. The number of morpholine rings is 2. The van der Waals surface area contributed by atoms with Gasteiger partial charge in [0.05, 0.1) is 37.5 Å². The highest BCUT2D eigenvalue weighted by atomic mass is 16.5. The van der Waals surface area contributed by atoms with Crippen molar-refractivity contribution in [3.05, 3.63) is 63.6 Å². The lowest BCUT2D eigenvalue weighted by molar-refractivity contribution is -0.0362. The Kier molecular flexibility index (Phi) is 6.87. The Hall–Kier alpha value is -3.31. The first-order chi connectivity index (χ1) is 18.4. The predicted octanol–water partition coefficient (Wildman–Crippen LogP) is 1.84. The Morgan fingerprint density at radius 1 is 1.13 bits per heavy atom. The van der Waals surface area contributed by atoms with Crippen LogP contribution in [0, 0.1) is 6.92 Å². The number of H-pyrrole nitrogens is 1. The number of hydrogen-bond donors (Lipinski definition) is 2. The molecule has 200 valence electrons. The molecular formula is C28H34N6O4. The highest BCUT2D eigenvalue weighted by Crippen LogP contribution is 2.29. The zero-order chi connectivity index (χ0) is 26.2. The highest BCUT2D eigenvalue weighted by Gasteiger charge is 2.40. The first kappa shape index (κ1) is 25.0. The van der Waals surface area contributed by atoms with E-state index < -0.39 is 0 Å². The van der Waals surface area contributed by atoms with Gasteiger partial charge in [-0.1, -0.05) is 0 Å². The molecule has 6 rings (SSSR count). The van der Waals surface area contributed by atoms with Crippen molar-refractivity contribution in [2.24, 2.45) is 0 Å². The van der Waals surface area contributed by atoms with Gasteiger partial charge in [-0.15, -0.1) is 0 Å². The maximum atomic E-state index is 13.8. The number of fused-ring (bicyclic) bond motifs is 2. The molecule has 10 nitrogen and oxygen atoms in total. The standard InChI is InChI=1S/C28H34N6O4/c1-18-11-26(35)31-23-4-3-20(13-21(18)23)30-28(36)22-12-19(15-33-6-8-37-9-7-33)14-29-27(22)34-16-24-25(17-34)38-10-5-32(24)2/h3-4,11-14,24-25H,5-10,15-17H2,1-2H3,(H,30,36)(H,31,35). The van der Waals surface area contributed by atoms with Crippen LogP contribution in [0.5, 0.6) is 0 Å². The van der Waals surface area contributed by atoms with Crippen molar-refractivity contribution in [3.63, 3.8) is 0 Å². The number of nitrogens with zero attached hydrogens (tertiary/aromatic N) is 4. The van der Waals surface area contributed by atoms with Crippen LogP contribution in [0.3, 0.4) is 0 Å². The Labute approximate surface area is 221 Å². The van der Waals surface area contributed by atoms with E-state index in [9.17, 15) is 9.59 Å². The van der Waals surface area contributed by atoms with E-state index in [1.54, 1.807) is 6.07 Å². The molecule has 2 aromatic heterocycles. The van der Waals surface area contributed by atoms with E-state index >= 15 is 0 Å². The summed E-state index contributed by atoms with van der Waals surface area (Å²) >= 11 is 0. The summed E-state index contributed by atoms with van der Waals surface area (Å²) in [6.45, 7) is 8.86. The van der Waals surface area contributed by atoms with Crippen LogP contribution in [0.25, 0.3) is 10.9 Å². The third-order valence-corrected chi connectivity index (χ3v) is 7.86. The fraction of sp³-hybridized carbons (Fsp3) is 0.464. The fourth-order valence-corrected chi connectivity index (χ4v) is 5.75. The van der Waals surface area contributed by atoms with E-state index in [0.29, 0.717) is 23.6 Å². The van der Waals surface area contributed by atoms with E-state index in [1.165, 1.54) is 0 Å². The molecule has 1 amide bonds. The second kappa shape index (κ2) is 10.5. The molecule has 2 atom stereocenters. The number of aromatic nitrogens is 2. The highest BCUT2D eigenvalue weighted by molar-refractivity contribution is 6.08. The second-order valence-electron chi connectivity index (χ2n) is 10.5. The molecular weight excluding hydrogens is 484 g/mol. The van der Waals surface area contributed by atoms with Gasteiger partial charge < -0.3 is 24.7 Å². The normalized spacial score (nSPS) is 22.5. The predicted molar refractivity (Wildman–Crippen MR) is 146 cm³/mol. The Balaban J connectivity index is 1.30. The number of nitrogens with one attached hydrogen (secondary N) is 2. The largest absolute Gasteiger partial charge is 0.379 e. The average molecular weight is 519 g/mol. The number of pyridine rings is 2. The summed E-state index contributed by atoms with van der Waals surface area (Å²) in [6, 6.07) is 9.36. The molecule has 3 fully saturated rings. The minimum atomic E-state index is -0.207. The SMILES string of the molecule is Cc1cc(=O)[nH]c2ccc(NC(=O)c3cc(CN4CCOCC4)cnc3N3CC4OCCN(C)C4C3)cc12. The lowest BCUT2D eigenvalue weighted by Crippen LogP contribution is -2.48. The molecule has 38 heavy (non-hydrogen) atoms. The second-order valence-corrected chi connectivity index (χ2v) is 10.5. The van der Waals surface area contributed by atoms with E-state index in [0.717, 1.165) is 74.6 Å². The molecule has 0 spiro atoms. The molecule has 5 heterocycles. The first-order valence-electron chi connectivity index (χ1n) is 13.3. The van der Waals surface area contributed by atoms with Crippen LogP contribution in [0.4, 0.5) is 11.5 Å². The summed E-state index contributed by atoms with van der Waals surface area (Å²) in [5, 5.41) is 3.98. The van der Waals surface area contributed by atoms with Crippen molar-refractivity contribution in [1.82, 2.24) is 19.8 Å². The van der Waals surface area contributed by atoms with Gasteiger partial charge in [-0.3, -0.25) is 19.4 Å². The lowest BCUT2D eigenvalue weighted by atomic mass is 10.1. The minimum Gasteiger partial charge on any atom is -0.379 e. The summed E-state index contributed by atoms with van der Waals surface area (Å²) in [5.41, 5.74) is 3.68. The van der Waals surface area contributed by atoms with Gasteiger partial charge in [-0.2, -0.15) is 0 Å². The number of likely N-dealkylation sites (N-methyl/N-ethyl adjacent to an activating group) is 1. The maximum absolute atomic E-state index is 13.8. The quantitative estimate of drug-likeness (QED) is 0.528. The molecule has 3 aliphatic heterocycles. The van der Waals surface area contributed by atoms with E-state index in [4.69, 9.17) is 14.5 Å². The molecule has 2 N–H and O–H groups in total. The van der Waals surface area contributed by atoms with E-state index in [-0.39, 0.29) is 23.6 Å². The molecule has 3 aliphatic rings. The molecule has 2 unspecified atom stereocenters. The summed E-state index contributed by atoms with van der Waals surface area (Å²) in [6.07, 6.45) is 1.99. The summed E-state index contributed by atoms with van der Waals surface area (Å²) in [5.74, 6) is 0.475. The Bertz CT molecular complexity index is 1400. The molecule has 10 heteroatoms. The number of amides is 1. The van der Waals surface area contributed by atoms with Crippen molar-refractivity contribution in [2.75, 3.05) is 69.8 Å². The van der Waals surface area contributed by atoms with Gasteiger partial charge in [-0.05, 0) is 49.4 Å². The maximum Gasteiger partial charge on any atom is 0.259 e. The van der Waals surface area contributed by atoms with Crippen molar-refractivity contribution in [1.29, 1.82) is 0 Å².